The first-order chi connectivity index (χ1) is 8.54. The average Bonchev–Trinajstić information content (AvgIpc) is 2.34. The Balaban J connectivity index is 2.55. The van der Waals surface area contributed by atoms with Crippen LogP contribution in [0.3, 0.4) is 0 Å². The standard InChI is InChI=1S/C13H19ClN2O2/c1-9(2)7-16-12(17)8-18-13-10(6-15)4-3-5-11(13)14/h3-5,9H,6-8,15H2,1-2H3,(H,16,17). The fourth-order valence-corrected chi connectivity index (χ4v) is 1.63. The third-order valence-electron chi connectivity index (χ3n) is 2.32. The third-order valence-corrected chi connectivity index (χ3v) is 2.62. The van der Waals surface area contributed by atoms with Crippen molar-refractivity contribution in [1.29, 1.82) is 0 Å². The van der Waals surface area contributed by atoms with Crippen molar-refractivity contribution in [3.05, 3.63) is 28.8 Å². The van der Waals surface area contributed by atoms with Gasteiger partial charge in [-0.25, -0.2) is 0 Å². The van der Waals surface area contributed by atoms with Gasteiger partial charge >= 0.3 is 0 Å². The summed E-state index contributed by atoms with van der Waals surface area (Å²) in [6.07, 6.45) is 0. The van der Waals surface area contributed by atoms with Crippen LogP contribution in [0.4, 0.5) is 0 Å². The lowest BCUT2D eigenvalue weighted by Gasteiger charge is -2.12. The first-order valence-corrected chi connectivity index (χ1v) is 6.29. The van der Waals surface area contributed by atoms with Crippen LogP contribution < -0.4 is 15.8 Å². The van der Waals surface area contributed by atoms with Crippen molar-refractivity contribution in [2.45, 2.75) is 20.4 Å². The monoisotopic (exact) mass is 270 g/mol. The van der Waals surface area contributed by atoms with E-state index >= 15 is 0 Å². The highest BCUT2D eigenvalue weighted by Crippen LogP contribution is 2.28. The number of hydrogen-bond donors (Lipinski definition) is 2. The first kappa shape index (κ1) is 14.8. The summed E-state index contributed by atoms with van der Waals surface area (Å²) in [7, 11) is 0. The normalized spacial score (nSPS) is 10.5. The maximum absolute atomic E-state index is 11.5. The van der Waals surface area contributed by atoms with Gasteiger partial charge in [0.1, 0.15) is 5.75 Å². The predicted octanol–water partition coefficient (Wildman–Crippen LogP) is 1.95. The zero-order chi connectivity index (χ0) is 13.5. The van der Waals surface area contributed by atoms with E-state index in [1.54, 1.807) is 12.1 Å². The number of rotatable bonds is 6. The Morgan fingerprint density at radius 2 is 2.22 bits per heavy atom. The lowest BCUT2D eigenvalue weighted by molar-refractivity contribution is -0.123. The van der Waals surface area contributed by atoms with E-state index in [0.717, 1.165) is 5.56 Å². The van der Waals surface area contributed by atoms with E-state index < -0.39 is 0 Å². The van der Waals surface area contributed by atoms with E-state index in [4.69, 9.17) is 22.1 Å². The van der Waals surface area contributed by atoms with Gasteiger partial charge in [-0.1, -0.05) is 37.6 Å². The molecular formula is C13H19ClN2O2. The molecule has 0 bridgehead atoms. The Bertz CT molecular complexity index is 408. The molecule has 0 atom stereocenters. The van der Waals surface area contributed by atoms with Crippen LogP contribution in [0.25, 0.3) is 0 Å². The van der Waals surface area contributed by atoms with Gasteiger partial charge in [0.25, 0.3) is 5.91 Å². The molecule has 0 saturated carbocycles. The Hall–Kier alpha value is -1.26. The van der Waals surface area contributed by atoms with Crippen LogP contribution in [-0.2, 0) is 11.3 Å². The van der Waals surface area contributed by atoms with Crippen molar-refractivity contribution in [3.8, 4) is 5.75 Å². The minimum Gasteiger partial charge on any atom is -0.482 e. The first-order valence-electron chi connectivity index (χ1n) is 5.91. The molecule has 0 aliphatic carbocycles. The molecule has 5 heteroatoms. The molecule has 1 amide bonds. The second-order valence-corrected chi connectivity index (χ2v) is 4.83. The summed E-state index contributed by atoms with van der Waals surface area (Å²) in [5.41, 5.74) is 6.38. The quantitative estimate of drug-likeness (QED) is 0.830. The van der Waals surface area contributed by atoms with Gasteiger partial charge in [-0.2, -0.15) is 0 Å². The van der Waals surface area contributed by atoms with E-state index in [0.29, 0.717) is 29.8 Å². The van der Waals surface area contributed by atoms with Crippen molar-refractivity contribution in [1.82, 2.24) is 5.32 Å². The van der Waals surface area contributed by atoms with E-state index in [-0.39, 0.29) is 12.5 Å². The number of para-hydroxylation sites is 1. The summed E-state index contributed by atoms with van der Waals surface area (Å²) >= 11 is 6.01. The second-order valence-electron chi connectivity index (χ2n) is 4.42. The van der Waals surface area contributed by atoms with Crippen LogP contribution in [0.15, 0.2) is 18.2 Å². The maximum Gasteiger partial charge on any atom is 0.257 e. The Morgan fingerprint density at radius 3 is 2.83 bits per heavy atom. The minimum atomic E-state index is -0.161. The van der Waals surface area contributed by atoms with Crippen molar-refractivity contribution < 1.29 is 9.53 Å². The van der Waals surface area contributed by atoms with Gasteiger partial charge in [0.2, 0.25) is 0 Å². The summed E-state index contributed by atoms with van der Waals surface area (Å²) in [5.74, 6) is 0.738. The zero-order valence-corrected chi connectivity index (χ0v) is 11.5. The van der Waals surface area contributed by atoms with Crippen LogP contribution >= 0.6 is 11.6 Å². The number of ether oxygens (including phenoxy) is 1. The topological polar surface area (TPSA) is 64.3 Å². The lowest BCUT2D eigenvalue weighted by Crippen LogP contribution is -2.31. The molecule has 0 unspecified atom stereocenters. The number of hydrogen-bond acceptors (Lipinski definition) is 3. The number of carbonyl (C=O) groups excluding carboxylic acids is 1. The van der Waals surface area contributed by atoms with Gasteiger partial charge in [-0.15, -0.1) is 0 Å². The highest BCUT2D eigenvalue weighted by atomic mass is 35.5. The molecule has 100 valence electrons. The summed E-state index contributed by atoms with van der Waals surface area (Å²) in [6.45, 7) is 4.96. The molecule has 1 aromatic rings. The van der Waals surface area contributed by atoms with E-state index in [1.165, 1.54) is 0 Å². The van der Waals surface area contributed by atoms with Gasteiger partial charge < -0.3 is 15.8 Å². The molecule has 0 radical (unpaired) electrons. The van der Waals surface area contributed by atoms with Crippen LogP contribution in [-0.4, -0.2) is 19.1 Å². The molecular weight excluding hydrogens is 252 g/mol. The largest absolute Gasteiger partial charge is 0.482 e. The van der Waals surface area contributed by atoms with Crippen molar-refractivity contribution >= 4 is 17.5 Å². The molecule has 18 heavy (non-hydrogen) atoms. The number of nitrogens with one attached hydrogen (secondary N) is 1. The maximum atomic E-state index is 11.5. The van der Waals surface area contributed by atoms with Crippen LogP contribution in [0.2, 0.25) is 5.02 Å². The SMILES string of the molecule is CC(C)CNC(=O)COc1c(Cl)cccc1CN. The second kappa shape index (κ2) is 7.24. The summed E-state index contributed by atoms with van der Waals surface area (Å²) in [4.78, 5) is 11.5. The highest BCUT2D eigenvalue weighted by molar-refractivity contribution is 6.32. The van der Waals surface area contributed by atoms with Gasteiger partial charge in [-0.05, 0) is 12.0 Å². The van der Waals surface area contributed by atoms with Gasteiger partial charge in [-0.3, -0.25) is 4.79 Å². The number of benzene rings is 1. The van der Waals surface area contributed by atoms with Gasteiger partial charge in [0.05, 0.1) is 5.02 Å². The molecule has 3 N–H and O–H groups in total. The van der Waals surface area contributed by atoms with Gasteiger partial charge in [0.15, 0.2) is 6.61 Å². The molecule has 1 aromatic carbocycles. The van der Waals surface area contributed by atoms with E-state index in [2.05, 4.69) is 5.32 Å². The highest BCUT2D eigenvalue weighted by Gasteiger charge is 2.09. The number of amides is 1. The van der Waals surface area contributed by atoms with Crippen molar-refractivity contribution in [2.24, 2.45) is 11.7 Å². The fourth-order valence-electron chi connectivity index (χ4n) is 1.38. The Morgan fingerprint density at radius 1 is 1.50 bits per heavy atom. The Labute approximate surface area is 112 Å². The van der Waals surface area contributed by atoms with Crippen molar-refractivity contribution in [2.75, 3.05) is 13.2 Å². The molecule has 0 saturated heterocycles. The molecule has 0 heterocycles. The van der Waals surface area contributed by atoms with Crippen molar-refractivity contribution in [3.63, 3.8) is 0 Å². The van der Waals surface area contributed by atoms with Crippen LogP contribution in [0, 0.1) is 5.92 Å². The Kier molecular flexibility index (Phi) is 5.95. The molecule has 0 aromatic heterocycles. The van der Waals surface area contributed by atoms with E-state index in [9.17, 15) is 4.79 Å². The van der Waals surface area contributed by atoms with Crippen LogP contribution in [0.1, 0.15) is 19.4 Å². The molecule has 0 fully saturated rings. The third kappa shape index (κ3) is 4.55. The lowest BCUT2D eigenvalue weighted by atomic mass is 10.2. The number of carbonyl (C=O) groups is 1. The molecule has 4 nitrogen and oxygen atoms in total. The van der Waals surface area contributed by atoms with E-state index in [1.807, 2.05) is 19.9 Å². The fraction of sp³-hybridized carbons (Fsp3) is 0.462. The average molecular weight is 271 g/mol. The molecule has 0 aliphatic heterocycles. The summed E-state index contributed by atoms with van der Waals surface area (Å²) < 4.78 is 5.43. The number of halogens is 1. The van der Waals surface area contributed by atoms with Gasteiger partial charge in [0, 0.05) is 18.7 Å². The minimum absolute atomic E-state index is 0.0521. The predicted molar refractivity (Wildman–Crippen MR) is 72.7 cm³/mol. The summed E-state index contributed by atoms with van der Waals surface area (Å²) in [6, 6.07) is 5.34. The summed E-state index contributed by atoms with van der Waals surface area (Å²) in [5, 5.41) is 3.24. The molecule has 0 spiro atoms. The zero-order valence-electron chi connectivity index (χ0n) is 10.7. The smallest absolute Gasteiger partial charge is 0.257 e. The number of nitrogens with two attached hydrogens (primary N) is 1. The molecule has 0 aliphatic rings. The van der Waals surface area contributed by atoms with Crippen LogP contribution in [0.5, 0.6) is 5.75 Å². The molecule has 1 rings (SSSR count).